The molecule has 2 heterocycles. The van der Waals surface area contributed by atoms with Crippen LogP contribution in [-0.4, -0.2) is 27.4 Å². The predicted octanol–water partition coefficient (Wildman–Crippen LogP) is 5.92. The highest BCUT2D eigenvalue weighted by Crippen LogP contribution is 2.39. The van der Waals surface area contributed by atoms with E-state index in [-0.39, 0.29) is 11.7 Å². The van der Waals surface area contributed by atoms with E-state index in [2.05, 4.69) is 15.3 Å². The van der Waals surface area contributed by atoms with Crippen LogP contribution in [-0.2, 0) is 17.6 Å². The van der Waals surface area contributed by atoms with Crippen molar-refractivity contribution in [3.05, 3.63) is 40.5 Å². The molecule has 1 aliphatic carbocycles. The lowest BCUT2D eigenvalue weighted by atomic mass is 9.97. The summed E-state index contributed by atoms with van der Waals surface area (Å²) in [6.45, 7) is 1.88. The summed E-state index contributed by atoms with van der Waals surface area (Å²) in [7, 11) is 0. The van der Waals surface area contributed by atoms with Crippen molar-refractivity contribution in [2.75, 3.05) is 11.1 Å². The van der Waals surface area contributed by atoms with Gasteiger partial charge in [0.05, 0.1) is 5.75 Å². The quantitative estimate of drug-likeness (QED) is 0.372. The summed E-state index contributed by atoms with van der Waals surface area (Å²) in [5.74, 6) is -1.67. The van der Waals surface area contributed by atoms with Gasteiger partial charge in [-0.25, -0.2) is 9.97 Å². The van der Waals surface area contributed by atoms with E-state index in [0.29, 0.717) is 28.2 Å². The summed E-state index contributed by atoms with van der Waals surface area (Å²) in [5.41, 5.74) is 1.94. The van der Waals surface area contributed by atoms with Crippen LogP contribution in [0.2, 0.25) is 0 Å². The minimum atomic E-state index is -2.46. The number of aryl methyl sites for hydroxylation is 3. The first-order chi connectivity index (χ1) is 14.0. The Kier molecular flexibility index (Phi) is 6.36. The number of benzene rings is 1. The smallest absolute Gasteiger partial charge is 0.288 e. The van der Waals surface area contributed by atoms with Gasteiger partial charge in [-0.15, -0.1) is 11.3 Å². The molecule has 1 aromatic carbocycles. The molecule has 1 aliphatic rings. The van der Waals surface area contributed by atoms with Crippen molar-refractivity contribution in [3.63, 3.8) is 0 Å². The van der Waals surface area contributed by atoms with Crippen molar-refractivity contribution in [1.82, 2.24) is 9.97 Å². The zero-order valence-electron chi connectivity index (χ0n) is 15.7. The second kappa shape index (κ2) is 8.97. The molecule has 4 nitrogen and oxygen atoms in total. The van der Waals surface area contributed by atoms with Gasteiger partial charge < -0.3 is 5.32 Å². The highest BCUT2D eigenvalue weighted by molar-refractivity contribution is 8.00. The van der Waals surface area contributed by atoms with Crippen LogP contribution < -0.4 is 5.32 Å². The molecular weight excluding hydrogens is 432 g/mol. The number of nitrogens with zero attached hydrogens (tertiary/aromatic N) is 2. The fraction of sp³-hybridized carbons (Fsp3) is 0.350. The molecule has 0 saturated carbocycles. The first-order valence-electron chi connectivity index (χ1n) is 9.26. The molecule has 2 aromatic heterocycles. The molecule has 0 unspecified atom stereocenters. The molecule has 3 aromatic rings. The van der Waals surface area contributed by atoms with Gasteiger partial charge in [0, 0.05) is 20.8 Å². The average Bonchev–Trinajstić information content (AvgIpc) is 3.05. The summed E-state index contributed by atoms with van der Waals surface area (Å²) in [5, 5.41) is 4.79. The number of nitrogens with one attached hydrogen (secondary N) is 1. The van der Waals surface area contributed by atoms with E-state index in [1.807, 2.05) is 6.92 Å². The number of amides is 1. The highest BCUT2D eigenvalue weighted by atomic mass is 32.2. The van der Waals surface area contributed by atoms with Gasteiger partial charge in [-0.05, 0) is 62.4 Å². The summed E-state index contributed by atoms with van der Waals surface area (Å²) in [6, 6.07) is 6.42. The minimum absolute atomic E-state index is 0.155. The zero-order valence-corrected chi connectivity index (χ0v) is 18.2. The van der Waals surface area contributed by atoms with Crippen molar-refractivity contribution in [3.8, 4) is 0 Å². The summed E-state index contributed by atoms with van der Waals surface area (Å²) < 4.78 is 24.8. The highest BCUT2D eigenvalue weighted by Gasteiger charge is 2.21. The van der Waals surface area contributed by atoms with E-state index in [4.69, 9.17) is 0 Å². The van der Waals surface area contributed by atoms with E-state index in [1.165, 1.54) is 35.0 Å². The number of carbonyl (C=O) groups is 1. The van der Waals surface area contributed by atoms with Crippen LogP contribution in [0.3, 0.4) is 0 Å². The van der Waals surface area contributed by atoms with Gasteiger partial charge in [0.15, 0.2) is 0 Å². The Morgan fingerprint density at radius 1 is 1.21 bits per heavy atom. The molecule has 9 heteroatoms. The number of fused-ring (bicyclic) bond motifs is 3. The minimum Gasteiger partial charge on any atom is -0.325 e. The topological polar surface area (TPSA) is 54.9 Å². The molecule has 0 atom stereocenters. The Hall–Kier alpha value is -1.71. The average molecular weight is 452 g/mol. The van der Waals surface area contributed by atoms with Crippen molar-refractivity contribution in [2.45, 2.75) is 48.3 Å². The lowest BCUT2D eigenvalue weighted by Crippen LogP contribution is -2.14. The molecule has 0 saturated heterocycles. The number of alkyl halides is 2. The first kappa shape index (κ1) is 20.6. The number of hydrogen-bond donors (Lipinski definition) is 1. The number of aromatic nitrogens is 2. The van der Waals surface area contributed by atoms with Crippen LogP contribution in [0.25, 0.3) is 10.2 Å². The number of anilines is 1. The monoisotopic (exact) mass is 451 g/mol. The first-order valence-corrected chi connectivity index (χ1v) is 11.9. The molecule has 0 aliphatic heterocycles. The van der Waals surface area contributed by atoms with Crippen LogP contribution in [0, 0.1) is 6.92 Å². The summed E-state index contributed by atoms with van der Waals surface area (Å²) >= 11 is 3.66. The molecule has 29 heavy (non-hydrogen) atoms. The number of thiophene rings is 1. The third-order valence-corrected chi connectivity index (χ3v) is 7.48. The second-order valence-electron chi connectivity index (χ2n) is 6.71. The van der Waals surface area contributed by atoms with E-state index in [1.54, 1.807) is 35.6 Å². The largest absolute Gasteiger partial charge is 0.325 e. The Bertz CT molecular complexity index is 1040. The number of hydrogen-bond acceptors (Lipinski definition) is 6. The van der Waals surface area contributed by atoms with Gasteiger partial charge in [-0.1, -0.05) is 23.5 Å². The Balaban J connectivity index is 1.45. The maximum Gasteiger partial charge on any atom is 0.288 e. The third kappa shape index (κ3) is 4.90. The third-order valence-electron chi connectivity index (χ3n) is 4.60. The predicted molar refractivity (Wildman–Crippen MR) is 116 cm³/mol. The number of carbonyl (C=O) groups excluding carboxylic acids is 1. The van der Waals surface area contributed by atoms with Gasteiger partial charge >= 0.3 is 0 Å². The number of rotatable bonds is 6. The Morgan fingerprint density at radius 2 is 1.97 bits per heavy atom. The standard InChI is InChI=1S/C20H19F2N3OS3/c1-11-23-18(17-14-4-2-3-5-15(14)29-19(17)24-11)27-10-16(26)25-12-6-8-13(9-7-12)28-20(21)22/h6-9,20H,2-5,10H2,1H3,(H,25,26). The fourth-order valence-corrected chi connectivity index (χ4v) is 6.15. The molecule has 0 bridgehead atoms. The summed E-state index contributed by atoms with van der Waals surface area (Å²) in [6.07, 6.45) is 4.53. The summed E-state index contributed by atoms with van der Waals surface area (Å²) in [4.78, 5) is 24.5. The van der Waals surface area contributed by atoms with Crippen molar-refractivity contribution >= 4 is 56.7 Å². The number of thioether (sulfide) groups is 2. The van der Waals surface area contributed by atoms with Gasteiger partial charge in [0.1, 0.15) is 15.7 Å². The van der Waals surface area contributed by atoms with Crippen LogP contribution in [0.5, 0.6) is 0 Å². The normalized spacial score (nSPS) is 13.7. The molecule has 0 radical (unpaired) electrons. The van der Waals surface area contributed by atoms with Crippen LogP contribution in [0.4, 0.5) is 14.5 Å². The second-order valence-corrected chi connectivity index (χ2v) is 9.82. The van der Waals surface area contributed by atoms with E-state index in [0.717, 1.165) is 28.1 Å². The van der Waals surface area contributed by atoms with E-state index in [9.17, 15) is 13.6 Å². The maximum atomic E-state index is 12.4. The molecule has 1 N–H and O–H groups in total. The van der Waals surface area contributed by atoms with Crippen LogP contribution in [0.15, 0.2) is 34.2 Å². The maximum absolute atomic E-state index is 12.4. The van der Waals surface area contributed by atoms with Gasteiger partial charge in [-0.2, -0.15) is 8.78 Å². The molecule has 152 valence electrons. The lowest BCUT2D eigenvalue weighted by Gasteiger charge is -2.12. The fourth-order valence-electron chi connectivity index (χ4n) is 3.38. The molecule has 4 rings (SSSR count). The SMILES string of the molecule is Cc1nc(SCC(=O)Nc2ccc(SC(F)F)cc2)c2c3c(sc2n1)CCCC3. The molecule has 1 amide bonds. The van der Waals surface area contributed by atoms with E-state index >= 15 is 0 Å². The molecular formula is C20H19F2N3OS3. The van der Waals surface area contributed by atoms with Crippen LogP contribution >= 0.6 is 34.9 Å². The van der Waals surface area contributed by atoms with Gasteiger partial charge in [-0.3, -0.25) is 4.79 Å². The Labute approximate surface area is 179 Å². The van der Waals surface area contributed by atoms with Crippen molar-refractivity contribution < 1.29 is 13.6 Å². The lowest BCUT2D eigenvalue weighted by molar-refractivity contribution is -0.113. The van der Waals surface area contributed by atoms with Gasteiger partial charge in [0.2, 0.25) is 5.91 Å². The van der Waals surface area contributed by atoms with Gasteiger partial charge in [0.25, 0.3) is 5.76 Å². The van der Waals surface area contributed by atoms with E-state index < -0.39 is 5.76 Å². The van der Waals surface area contributed by atoms with Crippen molar-refractivity contribution in [1.29, 1.82) is 0 Å². The van der Waals surface area contributed by atoms with Crippen LogP contribution in [0.1, 0.15) is 29.1 Å². The zero-order chi connectivity index (χ0) is 20.4. The van der Waals surface area contributed by atoms with Crippen molar-refractivity contribution in [2.24, 2.45) is 0 Å². The number of halogens is 2. The Morgan fingerprint density at radius 3 is 2.72 bits per heavy atom. The molecule has 0 fully saturated rings. The molecule has 0 spiro atoms.